The Balaban J connectivity index is 2.23. The van der Waals surface area contributed by atoms with E-state index in [0.717, 1.165) is 0 Å². The minimum absolute atomic E-state index is 0.194. The zero-order valence-electron chi connectivity index (χ0n) is 10.1. The van der Waals surface area contributed by atoms with Crippen molar-refractivity contribution >= 4 is 11.2 Å². The molecule has 0 aliphatic rings. The summed E-state index contributed by atoms with van der Waals surface area (Å²) in [6.07, 6.45) is 2.88. The number of nitrogens with zero attached hydrogens (tertiary/aromatic N) is 3. The number of aryl methyl sites for hydroxylation is 1. The van der Waals surface area contributed by atoms with Crippen LogP contribution in [0.1, 0.15) is 0 Å². The van der Waals surface area contributed by atoms with Crippen LogP contribution >= 0.6 is 0 Å². The van der Waals surface area contributed by atoms with Gasteiger partial charge in [-0.1, -0.05) is 6.58 Å². The Kier molecular flexibility index (Phi) is 3.57. The summed E-state index contributed by atoms with van der Waals surface area (Å²) in [7, 11) is 1.66. The zero-order valence-corrected chi connectivity index (χ0v) is 10.1. The van der Waals surface area contributed by atoms with Crippen LogP contribution in [0.2, 0.25) is 0 Å². The highest BCUT2D eigenvalue weighted by Gasteiger charge is 2.04. The van der Waals surface area contributed by atoms with E-state index >= 15 is 0 Å². The first-order valence-corrected chi connectivity index (χ1v) is 5.52. The molecule has 0 amide bonds. The number of hydrogen-bond donors (Lipinski definition) is 1. The van der Waals surface area contributed by atoms with E-state index in [2.05, 4.69) is 21.9 Å². The van der Waals surface area contributed by atoms with E-state index in [0.29, 0.717) is 30.2 Å². The molecule has 2 heterocycles. The van der Waals surface area contributed by atoms with Crippen molar-refractivity contribution in [3.05, 3.63) is 41.5 Å². The van der Waals surface area contributed by atoms with Gasteiger partial charge in [-0.05, 0) is 12.3 Å². The highest BCUT2D eigenvalue weighted by atomic mass is 16.5. The number of pyridine rings is 1. The molecule has 0 aromatic carbocycles. The molecule has 18 heavy (non-hydrogen) atoms. The van der Waals surface area contributed by atoms with Gasteiger partial charge >= 0.3 is 0 Å². The zero-order chi connectivity index (χ0) is 13.0. The summed E-state index contributed by atoms with van der Waals surface area (Å²) in [4.78, 5) is 19.7. The monoisotopic (exact) mass is 246 g/mol. The fraction of sp³-hybridized carbons (Fsp3) is 0.250. The molecule has 94 valence electrons. The van der Waals surface area contributed by atoms with Crippen molar-refractivity contribution in [2.75, 3.05) is 13.2 Å². The Hall–Kier alpha value is -2.37. The normalized spacial score (nSPS) is 10.3. The fourth-order valence-electron chi connectivity index (χ4n) is 1.48. The predicted molar refractivity (Wildman–Crippen MR) is 68.5 cm³/mol. The Morgan fingerprint density at radius 3 is 3.17 bits per heavy atom. The van der Waals surface area contributed by atoms with Crippen LogP contribution in [0.4, 0.5) is 0 Å². The van der Waals surface area contributed by atoms with Crippen LogP contribution in [0.5, 0.6) is 5.88 Å². The van der Waals surface area contributed by atoms with E-state index in [-0.39, 0.29) is 5.56 Å². The first-order chi connectivity index (χ1) is 8.72. The lowest BCUT2D eigenvalue weighted by atomic mass is 10.4. The first kappa shape index (κ1) is 12.1. The second-order valence-electron chi connectivity index (χ2n) is 3.65. The van der Waals surface area contributed by atoms with Crippen molar-refractivity contribution < 1.29 is 4.74 Å². The smallest absolute Gasteiger partial charge is 0.270 e. The molecule has 0 spiro atoms. The summed E-state index contributed by atoms with van der Waals surface area (Å²) in [5, 5.41) is 2.92. The molecule has 0 unspecified atom stereocenters. The average molecular weight is 246 g/mol. The quantitative estimate of drug-likeness (QED) is 0.775. The summed E-state index contributed by atoms with van der Waals surface area (Å²) in [6.45, 7) is 4.66. The number of aromatic nitrogens is 3. The predicted octanol–water partition coefficient (Wildman–Crippen LogP) is 0.440. The minimum atomic E-state index is -0.194. The van der Waals surface area contributed by atoms with Gasteiger partial charge in [0.1, 0.15) is 12.1 Å². The topological polar surface area (TPSA) is 69.0 Å². The highest BCUT2D eigenvalue weighted by Crippen LogP contribution is 2.12. The molecule has 0 aliphatic carbocycles. The highest BCUT2D eigenvalue weighted by molar-refractivity contribution is 5.70. The maximum atomic E-state index is 11.4. The van der Waals surface area contributed by atoms with Crippen LogP contribution in [0.15, 0.2) is 35.9 Å². The number of ether oxygens (including phenoxy) is 1. The lowest BCUT2D eigenvalue weighted by Crippen LogP contribution is -2.18. The summed E-state index contributed by atoms with van der Waals surface area (Å²) in [6, 6.07) is 3.51. The third-order valence-electron chi connectivity index (χ3n) is 2.43. The molecule has 0 radical (unpaired) electrons. The Bertz CT molecular complexity index is 621. The van der Waals surface area contributed by atoms with Crippen molar-refractivity contribution in [3.63, 3.8) is 0 Å². The second kappa shape index (κ2) is 5.31. The van der Waals surface area contributed by atoms with Crippen LogP contribution in [-0.4, -0.2) is 27.7 Å². The molecule has 0 saturated carbocycles. The van der Waals surface area contributed by atoms with Gasteiger partial charge in [-0.3, -0.25) is 9.36 Å². The van der Waals surface area contributed by atoms with Gasteiger partial charge in [0.05, 0.1) is 6.20 Å². The van der Waals surface area contributed by atoms with Crippen LogP contribution in [-0.2, 0) is 7.05 Å². The van der Waals surface area contributed by atoms with Crippen LogP contribution < -0.4 is 15.6 Å². The standard InChI is InChI=1S/C12H14N4O2/c1-3-13-6-7-18-10-5-4-9-12(15-10)16(2)11(17)8-14-9/h3-5,8,13H,1,6-7H2,2H3. The second-order valence-corrected chi connectivity index (χ2v) is 3.65. The third-order valence-corrected chi connectivity index (χ3v) is 2.43. The van der Waals surface area contributed by atoms with Crippen molar-refractivity contribution in [2.45, 2.75) is 0 Å². The summed E-state index contributed by atoms with van der Waals surface area (Å²) < 4.78 is 6.89. The van der Waals surface area contributed by atoms with Gasteiger partial charge in [0.25, 0.3) is 5.56 Å². The molecule has 6 heteroatoms. The van der Waals surface area contributed by atoms with Gasteiger partial charge in [0.2, 0.25) is 5.88 Å². The molecular formula is C12H14N4O2. The third kappa shape index (κ3) is 2.48. The maximum absolute atomic E-state index is 11.4. The van der Waals surface area contributed by atoms with Crippen molar-refractivity contribution in [3.8, 4) is 5.88 Å². The molecule has 2 aromatic rings. The Morgan fingerprint density at radius 2 is 2.39 bits per heavy atom. The summed E-state index contributed by atoms with van der Waals surface area (Å²) in [5.41, 5.74) is 0.978. The fourth-order valence-corrected chi connectivity index (χ4v) is 1.48. The largest absolute Gasteiger partial charge is 0.476 e. The minimum Gasteiger partial charge on any atom is -0.476 e. The maximum Gasteiger partial charge on any atom is 0.270 e. The van der Waals surface area contributed by atoms with Gasteiger partial charge in [-0.15, -0.1) is 0 Å². The Labute approximate surface area is 104 Å². The lowest BCUT2D eigenvalue weighted by molar-refractivity contribution is 0.309. The molecule has 1 N–H and O–H groups in total. The molecule has 0 bridgehead atoms. The molecule has 0 fully saturated rings. The van der Waals surface area contributed by atoms with Gasteiger partial charge in [-0.25, -0.2) is 4.98 Å². The van der Waals surface area contributed by atoms with E-state index in [1.54, 1.807) is 25.4 Å². The van der Waals surface area contributed by atoms with Gasteiger partial charge in [0, 0.05) is 19.7 Å². The van der Waals surface area contributed by atoms with E-state index in [1.165, 1.54) is 10.8 Å². The SMILES string of the molecule is C=CNCCOc1ccc2ncc(=O)n(C)c2n1. The van der Waals surface area contributed by atoms with E-state index < -0.39 is 0 Å². The summed E-state index contributed by atoms with van der Waals surface area (Å²) >= 11 is 0. The molecule has 0 aliphatic heterocycles. The summed E-state index contributed by atoms with van der Waals surface area (Å²) in [5.74, 6) is 0.469. The van der Waals surface area contributed by atoms with Crippen molar-refractivity contribution in [1.29, 1.82) is 0 Å². The van der Waals surface area contributed by atoms with E-state index in [1.807, 2.05) is 0 Å². The Morgan fingerprint density at radius 1 is 1.56 bits per heavy atom. The van der Waals surface area contributed by atoms with Gasteiger partial charge in [0.15, 0.2) is 5.65 Å². The molecule has 2 rings (SSSR count). The number of hydrogen-bond acceptors (Lipinski definition) is 5. The van der Waals surface area contributed by atoms with E-state index in [9.17, 15) is 4.79 Å². The first-order valence-electron chi connectivity index (χ1n) is 5.52. The van der Waals surface area contributed by atoms with Crippen LogP contribution in [0.3, 0.4) is 0 Å². The number of fused-ring (bicyclic) bond motifs is 1. The molecule has 0 saturated heterocycles. The van der Waals surface area contributed by atoms with Crippen molar-refractivity contribution in [2.24, 2.45) is 7.05 Å². The molecule has 0 atom stereocenters. The van der Waals surface area contributed by atoms with Gasteiger partial charge < -0.3 is 10.1 Å². The lowest BCUT2D eigenvalue weighted by Gasteiger charge is -2.07. The van der Waals surface area contributed by atoms with Crippen molar-refractivity contribution in [1.82, 2.24) is 19.9 Å². The number of nitrogens with one attached hydrogen (secondary N) is 1. The van der Waals surface area contributed by atoms with Gasteiger partial charge in [-0.2, -0.15) is 4.98 Å². The average Bonchev–Trinajstić information content (AvgIpc) is 2.39. The molecule has 6 nitrogen and oxygen atoms in total. The number of rotatable bonds is 5. The molecular weight excluding hydrogens is 232 g/mol. The van der Waals surface area contributed by atoms with Crippen LogP contribution in [0.25, 0.3) is 11.2 Å². The van der Waals surface area contributed by atoms with E-state index in [4.69, 9.17) is 4.74 Å². The molecule has 2 aromatic heterocycles. The van der Waals surface area contributed by atoms with Crippen LogP contribution in [0, 0.1) is 0 Å².